The molecule has 3 aliphatic rings. The summed E-state index contributed by atoms with van der Waals surface area (Å²) < 4.78 is 15.6. The number of halogens is 1. The number of hydrogen-bond acceptors (Lipinski definition) is 4. The number of carbonyl (C=O) groups excluding carboxylic acids is 1. The van der Waals surface area contributed by atoms with Gasteiger partial charge < -0.3 is 4.57 Å². The van der Waals surface area contributed by atoms with Crippen LogP contribution in [0, 0.1) is 24.1 Å². The third-order valence-corrected chi connectivity index (χ3v) is 8.32. The second kappa shape index (κ2) is 9.17. The summed E-state index contributed by atoms with van der Waals surface area (Å²) in [6, 6.07) is 14.5. The fraction of sp³-hybridized carbons (Fsp3) is 0.286. The maximum atomic E-state index is 13.4. The van der Waals surface area contributed by atoms with Crippen LogP contribution < -0.4 is 0 Å². The summed E-state index contributed by atoms with van der Waals surface area (Å²) in [5, 5.41) is 17.5. The molecule has 0 unspecified atom stereocenters. The predicted molar refractivity (Wildman–Crippen MR) is 144 cm³/mol. The highest BCUT2D eigenvalue weighted by Crippen LogP contribution is 2.37. The van der Waals surface area contributed by atoms with Crippen molar-refractivity contribution in [1.29, 1.82) is 5.41 Å². The first-order valence-corrected chi connectivity index (χ1v) is 13.1. The van der Waals surface area contributed by atoms with Gasteiger partial charge in [-0.1, -0.05) is 49.6 Å². The zero-order chi connectivity index (χ0) is 24.8. The molecule has 6 rings (SSSR count). The van der Waals surface area contributed by atoms with Gasteiger partial charge in [-0.25, -0.2) is 4.39 Å². The molecule has 2 aliphatic heterocycles. The van der Waals surface area contributed by atoms with E-state index in [4.69, 9.17) is 10.5 Å². The Balaban J connectivity index is 1.38. The molecule has 36 heavy (non-hydrogen) atoms. The molecule has 3 aromatic rings. The fourth-order valence-corrected chi connectivity index (χ4v) is 6.34. The Morgan fingerprint density at radius 2 is 1.86 bits per heavy atom. The molecule has 6 nitrogen and oxygen atoms in total. The number of rotatable bonds is 4. The highest BCUT2D eigenvalue weighted by molar-refractivity contribution is 8.27. The molecule has 0 saturated heterocycles. The van der Waals surface area contributed by atoms with Crippen LogP contribution in [0.1, 0.15) is 48.9 Å². The van der Waals surface area contributed by atoms with Crippen LogP contribution >= 0.6 is 11.8 Å². The summed E-state index contributed by atoms with van der Waals surface area (Å²) in [5.41, 5.74) is 4.07. The van der Waals surface area contributed by atoms with Crippen molar-refractivity contribution in [3.8, 4) is 0 Å². The lowest BCUT2D eigenvalue weighted by Crippen LogP contribution is -2.35. The van der Waals surface area contributed by atoms with E-state index in [9.17, 15) is 9.18 Å². The second-order valence-electron chi connectivity index (χ2n) is 9.52. The first-order valence-electron chi connectivity index (χ1n) is 12.3. The average molecular weight is 500 g/mol. The molecule has 0 spiro atoms. The molecule has 1 aromatic heterocycles. The van der Waals surface area contributed by atoms with E-state index in [1.165, 1.54) is 48.2 Å². The lowest BCUT2D eigenvalue weighted by atomic mass is 9.90. The fourth-order valence-electron chi connectivity index (χ4n) is 5.28. The van der Waals surface area contributed by atoms with Crippen LogP contribution in [0.25, 0.3) is 17.0 Å². The van der Waals surface area contributed by atoms with E-state index in [1.54, 1.807) is 18.2 Å². The predicted octanol–water partition coefficient (Wildman–Crippen LogP) is 6.34. The first-order chi connectivity index (χ1) is 17.5. The van der Waals surface area contributed by atoms with Gasteiger partial charge in [0.2, 0.25) is 5.17 Å². The maximum absolute atomic E-state index is 13.4. The molecule has 182 valence electrons. The third-order valence-electron chi connectivity index (χ3n) is 7.25. The highest BCUT2D eigenvalue weighted by Gasteiger charge is 2.38. The van der Waals surface area contributed by atoms with Crippen molar-refractivity contribution in [3.05, 3.63) is 76.7 Å². The molecule has 1 aliphatic carbocycles. The smallest absolute Gasteiger partial charge is 0.283 e. The Morgan fingerprint density at radius 1 is 1.11 bits per heavy atom. The van der Waals surface area contributed by atoms with Gasteiger partial charge >= 0.3 is 0 Å². The van der Waals surface area contributed by atoms with Crippen LogP contribution in [0.4, 0.5) is 4.39 Å². The van der Waals surface area contributed by atoms with E-state index < -0.39 is 5.91 Å². The van der Waals surface area contributed by atoms with Crippen LogP contribution in [-0.2, 0) is 11.3 Å². The van der Waals surface area contributed by atoms with Crippen molar-refractivity contribution >= 4 is 50.7 Å². The van der Waals surface area contributed by atoms with Crippen molar-refractivity contribution in [2.24, 2.45) is 16.0 Å². The molecule has 1 saturated carbocycles. The molecular weight excluding hydrogens is 473 g/mol. The van der Waals surface area contributed by atoms with Crippen LogP contribution in [0.2, 0.25) is 0 Å². The number of para-hydroxylation sites is 1. The molecule has 1 N–H and O–H groups in total. The summed E-state index contributed by atoms with van der Waals surface area (Å²) >= 11 is 1.44. The Morgan fingerprint density at radius 3 is 2.64 bits per heavy atom. The molecule has 0 bridgehead atoms. The van der Waals surface area contributed by atoms with Crippen molar-refractivity contribution < 1.29 is 9.18 Å². The standard InChI is InChI=1S/C28H26FN5OS/c1-17-22(21-9-5-6-10-24(21)33(17)16-18-11-13-20(29)14-12-18)15-23-25(30)34-28(31-26(23)35)36-27(32-34)19-7-3-2-4-8-19/h5-6,9-15,19,30H,2-4,7-8,16H2,1H3. The van der Waals surface area contributed by atoms with Crippen LogP contribution in [0.3, 0.4) is 0 Å². The lowest BCUT2D eigenvalue weighted by Gasteiger charge is -2.20. The number of nitrogens with zero attached hydrogens (tertiary/aromatic N) is 4. The molecule has 8 heteroatoms. The summed E-state index contributed by atoms with van der Waals surface area (Å²) in [6.07, 6.45) is 7.63. The van der Waals surface area contributed by atoms with Gasteiger partial charge in [0.15, 0.2) is 5.84 Å². The van der Waals surface area contributed by atoms with Gasteiger partial charge in [0.05, 0.1) is 5.57 Å². The highest BCUT2D eigenvalue weighted by atomic mass is 32.2. The number of nitrogens with one attached hydrogen (secondary N) is 1. The number of amidine groups is 2. The first kappa shape index (κ1) is 22.9. The van der Waals surface area contributed by atoms with E-state index in [2.05, 4.69) is 9.56 Å². The Kier molecular flexibility index (Phi) is 5.84. The van der Waals surface area contributed by atoms with Crippen LogP contribution in [0.15, 0.2) is 64.2 Å². The maximum Gasteiger partial charge on any atom is 0.283 e. The Labute approximate surface area is 213 Å². The molecule has 1 fully saturated rings. The molecule has 3 heterocycles. The van der Waals surface area contributed by atoms with E-state index in [-0.39, 0.29) is 17.2 Å². The number of aromatic nitrogens is 1. The summed E-state index contributed by atoms with van der Waals surface area (Å²) in [4.78, 5) is 17.4. The van der Waals surface area contributed by atoms with Gasteiger partial charge in [-0.3, -0.25) is 10.2 Å². The second-order valence-corrected chi connectivity index (χ2v) is 10.5. The monoisotopic (exact) mass is 499 g/mol. The van der Waals surface area contributed by atoms with Crippen LogP contribution in [-0.4, -0.2) is 31.5 Å². The molecular formula is C28H26FN5OS. The summed E-state index contributed by atoms with van der Waals surface area (Å²) in [5.74, 6) is -0.215. The van der Waals surface area contributed by atoms with E-state index in [0.717, 1.165) is 45.6 Å². The minimum absolute atomic E-state index is 0.0677. The van der Waals surface area contributed by atoms with Crippen molar-refractivity contribution in [2.45, 2.75) is 45.6 Å². The van der Waals surface area contributed by atoms with Crippen LogP contribution in [0.5, 0.6) is 0 Å². The zero-order valence-corrected chi connectivity index (χ0v) is 20.8. The lowest BCUT2D eigenvalue weighted by molar-refractivity contribution is -0.114. The third kappa shape index (κ3) is 3.99. The molecule has 0 radical (unpaired) electrons. The molecule has 0 atom stereocenters. The summed E-state index contributed by atoms with van der Waals surface area (Å²) in [7, 11) is 0. The number of thioether (sulfide) groups is 1. The number of hydrazone groups is 1. The normalized spacial score (nSPS) is 19.7. The van der Waals surface area contributed by atoms with Gasteiger partial charge in [0, 0.05) is 34.6 Å². The van der Waals surface area contributed by atoms with Crippen molar-refractivity contribution in [1.82, 2.24) is 9.58 Å². The molecule has 1 amide bonds. The van der Waals surface area contributed by atoms with E-state index in [1.807, 2.05) is 31.2 Å². The topological polar surface area (TPSA) is 73.8 Å². The SMILES string of the molecule is Cc1c(C=C2C(=N)N3N=C(C4CCCCC4)SC3=NC2=O)c2ccccc2n1Cc1ccc(F)cc1. The minimum Gasteiger partial charge on any atom is -0.340 e. The average Bonchev–Trinajstić information content (AvgIpc) is 3.43. The number of benzene rings is 2. The van der Waals surface area contributed by atoms with Gasteiger partial charge in [0.25, 0.3) is 5.91 Å². The number of hydrogen-bond donors (Lipinski definition) is 1. The van der Waals surface area contributed by atoms with E-state index in [0.29, 0.717) is 17.6 Å². The number of carbonyl (C=O) groups is 1. The Bertz CT molecular complexity index is 1480. The van der Waals surface area contributed by atoms with Crippen molar-refractivity contribution in [3.63, 3.8) is 0 Å². The van der Waals surface area contributed by atoms with Crippen molar-refractivity contribution in [2.75, 3.05) is 0 Å². The Hall–Kier alpha value is -3.52. The van der Waals surface area contributed by atoms with Gasteiger partial charge in [-0.2, -0.15) is 15.1 Å². The van der Waals surface area contributed by atoms with Gasteiger partial charge in [-0.15, -0.1) is 0 Å². The summed E-state index contributed by atoms with van der Waals surface area (Å²) in [6.45, 7) is 2.58. The van der Waals surface area contributed by atoms with Gasteiger partial charge in [0.1, 0.15) is 10.9 Å². The van der Waals surface area contributed by atoms with Gasteiger partial charge in [-0.05, 0) is 61.4 Å². The molecule has 2 aromatic carbocycles. The number of aliphatic imine (C=N–C) groups is 1. The minimum atomic E-state index is -0.409. The largest absolute Gasteiger partial charge is 0.340 e. The number of amides is 1. The van der Waals surface area contributed by atoms with E-state index >= 15 is 0 Å². The zero-order valence-electron chi connectivity index (χ0n) is 20.0. The quantitative estimate of drug-likeness (QED) is 0.426. The number of fused-ring (bicyclic) bond motifs is 2.